The molecule has 0 saturated carbocycles. The fraction of sp³-hybridized carbons (Fsp3) is 0.222. The standard InChI is InChI=1S/C9H9ClN2O2S/c1-15-9-11-5-6(8(10)12-9)3-2-4-7(13)14/h2-3,5H,4H2,1H3,(H,13,14). The van der Waals surface area contributed by atoms with Gasteiger partial charge in [0.05, 0.1) is 6.42 Å². The van der Waals surface area contributed by atoms with E-state index in [0.29, 0.717) is 15.9 Å². The number of carboxylic acid groups (broad SMARTS) is 1. The van der Waals surface area contributed by atoms with Gasteiger partial charge >= 0.3 is 5.97 Å². The van der Waals surface area contributed by atoms with Crippen LogP contribution in [0.2, 0.25) is 5.15 Å². The number of carbonyl (C=O) groups is 1. The van der Waals surface area contributed by atoms with E-state index in [4.69, 9.17) is 16.7 Å². The highest BCUT2D eigenvalue weighted by Gasteiger charge is 2.01. The van der Waals surface area contributed by atoms with Gasteiger partial charge in [-0.05, 0) is 6.26 Å². The maximum Gasteiger partial charge on any atom is 0.307 e. The highest BCUT2D eigenvalue weighted by molar-refractivity contribution is 7.98. The molecule has 0 amide bonds. The minimum absolute atomic E-state index is 0.0411. The van der Waals surface area contributed by atoms with Gasteiger partial charge in [-0.2, -0.15) is 0 Å². The molecule has 1 aromatic rings. The van der Waals surface area contributed by atoms with E-state index in [0.717, 1.165) is 0 Å². The van der Waals surface area contributed by atoms with Gasteiger partial charge in [0.15, 0.2) is 5.16 Å². The number of thioether (sulfide) groups is 1. The molecule has 0 fully saturated rings. The van der Waals surface area contributed by atoms with Crippen molar-refractivity contribution in [2.75, 3.05) is 6.26 Å². The molecular formula is C9H9ClN2O2S. The van der Waals surface area contributed by atoms with E-state index < -0.39 is 5.97 Å². The molecule has 0 unspecified atom stereocenters. The Hall–Kier alpha value is -1.07. The zero-order valence-electron chi connectivity index (χ0n) is 7.98. The van der Waals surface area contributed by atoms with Crippen LogP contribution < -0.4 is 0 Å². The summed E-state index contributed by atoms with van der Waals surface area (Å²) in [6.45, 7) is 0. The Bertz CT molecular complexity index is 396. The van der Waals surface area contributed by atoms with E-state index in [-0.39, 0.29) is 6.42 Å². The van der Waals surface area contributed by atoms with Gasteiger partial charge in [0, 0.05) is 11.8 Å². The second-order valence-corrected chi connectivity index (χ2v) is 3.73. The molecule has 0 aromatic carbocycles. The average molecular weight is 245 g/mol. The highest BCUT2D eigenvalue weighted by atomic mass is 35.5. The molecule has 1 N–H and O–H groups in total. The SMILES string of the molecule is CSc1ncc(C=CCC(=O)O)c(Cl)n1. The van der Waals surface area contributed by atoms with Crippen molar-refractivity contribution in [1.29, 1.82) is 0 Å². The topological polar surface area (TPSA) is 63.1 Å². The van der Waals surface area contributed by atoms with Gasteiger partial charge in [-0.3, -0.25) is 4.79 Å². The summed E-state index contributed by atoms with van der Waals surface area (Å²) in [5, 5.41) is 9.35. The van der Waals surface area contributed by atoms with Crippen LogP contribution in [0.4, 0.5) is 0 Å². The van der Waals surface area contributed by atoms with Crippen molar-refractivity contribution in [3.63, 3.8) is 0 Å². The van der Waals surface area contributed by atoms with Gasteiger partial charge in [-0.1, -0.05) is 35.5 Å². The number of halogens is 1. The third-order valence-electron chi connectivity index (χ3n) is 1.52. The lowest BCUT2D eigenvalue weighted by Crippen LogP contribution is -1.91. The summed E-state index contributed by atoms with van der Waals surface area (Å²) in [6.07, 6.45) is 6.48. The first-order valence-corrected chi connectivity index (χ1v) is 5.68. The Morgan fingerprint density at radius 1 is 1.73 bits per heavy atom. The summed E-state index contributed by atoms with van der Waals surface area (Å²) in [5.74, 6) is -0.885. The monoisotopic (exact) mass is 244 g/mol. The Labute approximate surface area is 96.4 Å². The van der Waals surface area contributed by atoms with Crippen molar-refractivity contribution in [3.8, 4) is 0 Å². The zero-order chi connectivity index (χ0) is 11.3. The molecule has 6 heteroatoms. The van der Waals surface area contributed by atoms with Crippen molar-refractivity contribution in [2.24, 2.45) is 0 Å². The molecule has 0 aliphatic carbocycles. The molecule has 0 bridgehead atoms. The normalized spacial score (nSPS) is 10.8. The summed E-state index contributed by atoms with van der Waals surface area (Å²) in [7, 11) is 0. The molecule has 1 aromatic heterocycles. The van der Waals surface area contributed by atoms with E-state index >= 15 is 0 Å². The van der Waals surface area contributed by atoms with E-state index in [1.807, 2.05) is 6.26 Å². The van der Waals surface area contributed by atoms with Gasteiger partial charge < -0.3 is 5.11 Å². The Balaban J connectivity index is 2.78. The summed E-state index contributed by atoms with van der Waals surface area (Å²) < 4.78 is 0. The van der Waals surface area contributed by atoms with Crippen LogP contribution in [0.5, 0.6) is 0 Å². The first kappa shape index (κ1) is 12.0. The quantitative estimate of drug-likeness (QED) is 0.500. The van der Waals surface area contributed by atoms with Crippen LogP contribution in [0, 0.1) is 0 Å². The Kier molecular flexibility index (Phi) is 4.58. The second kappa shape index (κ2) is 5.72. The van der Waals surface area contributed by atoms with Crippen molar-refractivity contribution in [1.82, 2.24) is 9.97 Å². The van der Waals surface area contributed by atoms with E-state index in [2.05, 4.69) is 9.97 Å². The average Bonchev–Trinajstić information content (AvgIpc) is 2.20. The number of rotatable bonds is 4. The molecule has 0 atom stereocenters. The Morgan fingerprint density at radius 2 is 2.47 bits per heavy atom. The third-order valence-corrected chi connectivity index (χ3v) is 2.38. The van der Waals surface area contributed by atoms with Crippen LogP contribution in [0.1, 0.15) is 12.0 Å². The lowest BCUT2D eigenvalue weighted by atomic mass is 10.3. The number of aliphatic carboxylic acids is 1. The first-order valence-electron chi connectivity index (χ1n) is 4.08. The van der Waals surface area contributed by atoms with Crippen molar-refractivity contribution >= 4 is 35.4 Å². The zero-order valence-corrected chi connectivity index (χ0v) is 9.55. The number of nitrogens with zero attached hydrogens (tertiary/aromatic N) is 2. The molecular weight excluding hydrogens is 236 g/mol. The van der Waals surface area contributed by atoms with Crippen LogP contribution >= 0.6 is 23.4 Å². The number of hydrogen-bond acceptors (Lipinski definition) is 4. The number of carboxylic acids is 1. The number of aromatic nitrogens is 2. The molecule has 0 spiro atoms. The second-order valence-electron chi connectivity index (χ2n) is 2.60. The van der Waals surface area contributed by atoms with Gasteiger partial charge in [-0.15, -0.1) is 0 Å². The molecule has 15 heavy (non-hydrogen) atoms. The summed E-state index contributed by atoms with van der Waals surface area (Å²) in [6, 6.07) is 0. The molecule has 4 nitrogen and oxygen atoms in total. The van der Waals surface area contributed by atoms with E-state index in [1.54, 1.807) is 12.3 Å². The van der Waals surface area contributed by atoms with Crippen LogP contribution in [-0.2, 0) is 4.79 Å². The predicted molar refractivity (Wildman–Crippen MR) is 60.1 cm³/mol. The van der Waals surface area contributed by atoms with E-state index in [9.17, 15) is 4.79 Å². The molecule has 1 heterocycles. The fourth-order valence-electron chi connectivity index (χ4n) is 0.852. The molecule has 0 aliphatic rings. The molecule has 0 radical (unpaired) electrons. The van der Waals surface area contributed by atoms with Crippen molar-refractivity contribution < 1.29 is 9.90 Å². The maximum atomic E-state index is 10.3. The fourth-order valence-corrected chi connectivity index (χ4v) is 1.43. The lowest BCUT2D eigenvalue weighted by Gasteiger charge is -1.98. The van der Waals surface area contributed by atoms with Crippen molar-refractivity contribution in [2.45, 2.75) is 11.6 Å². The van der Waals surface area contributed by atoms with Gasteiger partial charge in [-0.25, -0.2) is 9.97 Å². The van der Waals surface area contributed by atoms with Crippen LogP contribution in [0.3, 0.4) is 0 Å². The smallest absolute Gasteiger partial charge is 0.307 e. The van der Waals surface area contributed by atoms with E-state index in [1.165, 1.54) is 17.8 Å². The van der Waals surface area contributed by atoms with Gasteiger partial charge in [0.1, 0.15) is 5.15 Å². The van der Waals surface area contributed by atoms with Crippen LogP contribution in [0.25, 0.3) is 6.08 Å². The van der Waals surface area contributed by atoms with Gasteiger partial charge in [0.2, 0.25) is 0 Å². The van der Waals surface area contributed by atoms with Crippen LogP contribution in [0.15, 0.2) is 17.4 Å². The highest BCUT2D eigenvalue weighted by Crippen LogP contribution is 2.17. The minimum atomic E-state index is -0.885. The molecule has 0 saturated heterocycles. The third kappa shape index (κ3) is 3.89. The summed E-state index contributed by atoms with van der Waals surface area (Å²) in [4.78, 5) is 18.3. The number of hydrogen-bond donors (Lipinski definition) is 1. The summed E-state index contributed by atoms with van der Waals surface area (Å²) >= 11 is 7.26. The molecule has 0 aliphatic heterocycles. The van der Waals surface area contributed by atoms with Crippen molar-refractivity contribution in [3.05, 3.63) is 23.0 Å². The van der Waals surface area contributed by atoms with Gasteiger partial charge in [0.25, 0.3) is 0 Å². The lowest BCUT2D eigenvalue weighted by molar-refractivity contribution is -0.135. The maximum absolute atomic E-state index is 10.3. The molecule has 80 valence electrons. The predicted octanol–water partition coefficient (Wildman–Crippen LogP) is 2.34. The Morgan fingerprint density at radius 3 is 3.00 bits per heavy atom. The largest absolute Gasteiger partial charge is 0.481 e. The molecule has 1 rings (SSSR count). The summed E-state index contributed by atoms with van der Waals surface area (Å²) in [5.41, 5.74) is 0.621. The first-order chi connectivity index (χ1) is 7.13. The minimum Gasteiger partial charge on any atom is -0.481 e. The van der Waals surface area contributed by atoms with Crippen LogP contribution in [-0.4, -0.2) is 27.3 Å².